The predicted octanol–water partition coefficient (Wildman–Crippen LogP) is 5.15. The van der Waals surface area contributed by atoms with Crippen LogP contribution >= 0.6 is 0 Å². The second-order valence-corrected chi connectivity index (χ2v) is 5.82. The highest BCUT2D eigenvalue weighted by Gasteiger charge is 2.29. The lowest BCUT2D eigenvalue weighted by atomic mass is 9.79. The molecule has 0 aliphatic heterocycles. The van der Waals surface area contributed by atoms with Gasteiger partial charge in [-0.2, -0.15) is 0 Å². The fourth-order valence-corrected chi connectivity index (χ4v) is 3.08. The molecule has 0 saturated heterocycles. The Balaban J connectivity index is 0.00000242. The lowest BCUT2D eigenvalue weighted by molar-refractivity contribution is 0.0972. The van der Waals surface area contributed by atoms with E-state index in [1.807, 2.05) is 12.1 Å². The summed E-state index contributed by atoms with van der Waals surface area (Å²) in [4.78, 5) is 24.9. The molecule has 0 fully saturated rings. The number of hydrogen-bond donors (Lipinski definition) is 1. The van der Waals surface area contributed by atoms with Crippen LogP contribution in [0.15, 0.2) is 35.9 Å². The van der Waals surface area contributed by atoms with Crippen LogP contribution in [0.1, 0.15) is 73.1 Å². The molecule has 1 aromatic rings. The molecule has 0 heterocycles. The molecule has 1 aliphatic rings. The molecule has 0 aromatic heterocycles. The van der Waals surface area contributed by atoms with Gasteiger partial charge in [0.2, 0.25) is 0 Å². The number of hydrogen-bond acceptors (Lipinski definition) is 3. The largest absolute Gasteiger partial charge is 0.344 e. The van der Waals surface area contributed by atoms with E-state index in [0.717, 1.165) is 31.3 Å². The van der Waals surface area contributed by atoms with Crippen LogP contribution in [-0.4, -0.2) is 11.6 Å². The van der Waals surface area contributed by atoms with E-state index in [4.69, 9.17) is 0 Å². The Morgan fingerprint density at radius 1 is 0.909 bits per heavy atom. The first-order valence-corrected chi connectivity index (χ1v) is 8.08. The molecule has 1 aromatic carbocycles. The van der Waals surface area contributed by atoms with Gasteiger partial charge in [-0.15, -0.1) is 0 Å². The van der Waals surface area contributed by atoms with Gasteiger partial charge in [0.25, 0.3) is 0 Å². The van der Waals surface area contributed by atoms with Crippen molar-refractivity contribution in [1.82, 2.24) is 6.15 Å². The molecule has 2 rings (SSSR count). The van der Waals surface area contributed by atoms with Crippen molar-refractivity contribution < 1.29 is 9.59 Å². The summed E-state index contributed by atoms with van der Waals surface area (Å²) in [6, 6.07) is 7.17. The van der Waals surface area contributed by atoms with Crippen LogP contribution < -0.4 is 6.15 Å². The third-order valence-electron chi connectivity index (χ3n) is 4.22. The van der Waals surface area contributed by atoms with E-state index >= 15 is 0 Å². The van der Waals surface area contributed by atoms with Crippen LogP contribution in [-0.2, 0) is 0 Å². The molecule has 1 atom stereocenters. The number of fused-ring (bicyclic) bond motifs is 1. The number of rotatable bonds is 7. The maximum absolute atomic E-state index is 12.7. The van der Waals surface area contributed by atoms with E-state index in [2.05, 4.69) is 13.8 Å². The van der Waals surface area contributed by atoms with Gasteiger partial charge < -0.3 is 6.15 Å². The Bertz CT molecular complexity index is 560. The van der Waals surface area contributed by atoms with E-state index in [1.54, 1.807) is 18.2 Å². The topological polar surface area (TPSA) is 69.1 Å². The van der Waals surface area contributed by atoms with Crippen LogP contribution in [0.2, 0.25) is 0 Å². The molecule has 3 nitrogen and oxygen atoms in total. The van der Waals surface area contributed by atoms with Crippen LogP contribution in [0.4, 0.5) is 0 Å². The number of Topliss-reactive ketones (excluding diaryl/α,β-unsaturated/α-hetero) is 1. The Labute approximate surface area is 133 Å². The predicted molar refractivity (Wildman–Crippen MR) is 90.7 cm³/mol. The van der Waals surface area contributed by atoms with Crippen molar-refractivity contribution in [3.05, 3.63) is 47.0 Å². The van der Waals surface area contributed by atoms with Crippen molar-refractivity contribution in [2.75, 3.05) is 0 Å². The Hall–Kier alpha value is -1.74. The molecule has 0 saturated carbocycles. The first-order valence-electron chi connectivity index (χ1n) is 8.08. The lowest BCUT2D eigenvalue weighted by Crippen LogP contribution is -2.22. The monoisotopic (exact) mass is 301 g/mol. The van der Waals surface area contributed by atoms with Crippen LogP contribution in [0.25, 0.3) is 0 Å². The maximum Gasteiger partial charge on any atom is 0.190 e. The molecule has 0 spiro atoms. The molecule has 1 aliphatic carbocycles. The molecule has 0 bridgehead atoms. The van der Waals surface area contributed by atoms with Gasteiger partial charge >= 0.3 is 0 Å². The van der Waals surface area contributed by atoms with Crippen LogP contribution in [0, 0.1) is 5.92 Å². The second-order valence-electron chi connectivity index (χ2n) is 5.82. The summed E-state index contributed by atoms with van der Waals surface area (Å²) in [7, 11) is 0. The summed E-state index contributed by atoms with van der Waals surface area (Å²) in [5.74, 6) is 0.267. The van der Waals surface area contributed by atoms with Crippen molar-refractivity contribution in [1.29, 1.82) is 0 Å². The minimum atomic E-state index is -0.0169. The van der Waals surface area contributed by atoms with Gasteiger partial charge in [-0.1, -0.05) is 63.8 Å². The average Bonchev–Trinajstić information content (AvgIpc) is 2.50. The summed E-state index contributed by atoms with van der Waals surface area (Å²) in [5.41, 5.74) is 1.86. The first kappa shape index (κ1) is 18.3. The summed E-state index contributed by atoms with van der Waals surface area (Å²) in [6.07, 6.45) is 8.11. The van der Waals surface area contributed by atoms with Gasteiger partial charge in [0, 0.05) is 16.7 Å². The van der Waals surface area contributed by atoms with E-state index < -0.39 is 0 Å². The second kappa shape index (κ2) is 8.64. The van der Waals surface area contributed by atoms with Crippen molar-refractivity contribution in [2.24, 2.45) is 5.92 Å². The third kappa shape index (κ3) is 3.92. The van der Waals surface area contributed by atoms with E-state index in [-0.39, 0.29) is 23.6 Å². The highest BCUT2D eigenvalue weighted by Crippen LogP contribution is 2.31. The molecule has 0 radical (unpaired) electrons. The Kier molecular flexibility index (Phi) is 7.19. The summed E-state index contributed by atoms with van der Waals surface area (Å²) >= 11 is 0. The Morgan fingerprint density at radius 2 is 1.59 bits per heavy atom. The molecular weight excluding hydrogens is 274 g/mol. The highest BCUT2D eigenvalue weighted by molar-refractivity contribution is 6.24. The lowest BCUT2D eigenvalue weighted by Gasteiger charge is -2.22. The normalized spacial score (nSPS) is 14.9. The zero-order valence-corrected chi connectivity index (χ0v) is 13.7. The van der Waals surface area contributed by atoms with Crippen LogP contribution in [0.3, 0.4) is 0 Å². The summed E-state index contributed by atoms with van der Waals surface area (Å²) in [6.45, 7) is 4.32. The molecule has 120 valence electrons. The summed E-state index contributed by atoms with van der Waals surface area (Å²) in [5, 5.41) is 0. The first-order chi connectivity index (χ1) is 10.2. The van der Waals surface area contributed by atoms with Gasteiger partial charge in [-0.05, 0) is 24.8 Å². The number of carbonyl (C=O) groups is 2. The van der Waals surface area contributed by atoms with Gasteiger partial charge in [0.05, 0.1) is 0 Å². The molecule has 1 unspecified atom stereocenters. The smallest absolute Gasteiger partial charge is 0.190 e. The maximum atomic E-state index is 12.7. The number of benzene rings is 1. The van der Waals surface area contributed by atoms with Crippen molar-refractivity contribution in [2.45, 2.75) is 52.4 Å². The number of allylic oxidation sites excluding steroid dienone is 2. The van der Waals surface area contributed by atoms with Gasteiger partial charge in [0.1, 0.15) is 0 Å². The zero-order chi connectivity index (χ0) is 15.2. The van der Waals surface area contributed by atoms with E-state index in [0.29, 0.717) is 11.1 Å². The van der Waals surface area contributed by atoms with Crippen LogP contribution in [0.5, 0.6) is 0 Å². The Morgan fingerprint density at radius 3 is 2.23 bits per heavy atom. The number of carbonyl (C=O) groups excluding carboxylic acids is 2. The number of ketones is 2. The minimum Gasteiger partial charge on any atom is -0.344 e. The molecule has 0 amide bonds. The molecular formula is C19H27NO2. The zero-order valence-electron chi connectivity index (χ0n) is 13.7. The van der Waals surface area contributed by atoms with Gasteiger partial charge in [-0.25, -0.2) is 0 Å². The average molecular weight is 301 g/mol. The van der Waals surface area contributed by atoms with Crippen molar-refractivity contribution in [3.8, 4) is 0 Å². The highest BCUT2D eigenvalue weighted by atomic mass is 16.1. The SMILES string of the molecule is CCCCCC(CCC)C1=CC(=O)c2ccccc2C1=O.N. The number of unbranched alkanes of at least 4 members (excludes halogenated alkanes) is 2. The van der Waals surface area contributed by atoms with Gasteiger partial charge in [0.15, 0.2) is 11.6 Å². The van der Waals surface area contributed by atoms with E-state index in [9.17, 15) is 9.59 Å². The standard InChI is InChI=1S/C19H24O2.H3N/c1-3-5-6-10-14(9-4-2)17-13-18(20)15-11-7-8-12-16(15)19(17)21;/h7-8,11-14H,3-6,9-10H2,1-2H3;1H3. The van der Waals surface area contributed by atoms with Crippen molar-refractivity contribution in [3.63, 3.8) is 0 Å². The fraction of sp³-hybridized carbons (Fsp3) is 0.474. The molecule has 3 N–H and O–H groups in total. The third-order valence-corrected chi connectivity index (χ3v) is 4.22. The molecule has 22 heavy (non-hydrogen) atoms. The quantitative estimate of drug-likeness (QED) is 0.708. The van der Waals surface area contributed by atoms with E-state index in [1.165, 1.54) is 12.8 Å². The fourth-order valence-electron chi connectivity index (χ4n) is 3.08. The van der Waals surface area contributed by atoms with Crippen molar-refractivity contribution >= 4 is 11.6 Å². The van der Waals surface area contributed by atoms with Gasteiger partial charge in [-0.3, -0.25) is 9.59 Å². The minimum absolute atomic E-state index is 0. The molecule has 3 heteroatoms. The summed E-state index contributed by atoms with van der Waals surface area (Å²) < 4.78 is 0.